The van der Waals surface area contributed by atoms with Gasteiger partial charge in [-0.3, -0.25) is 4.68 Å². The highest BCUT2D eigenvalue weighted by molar-refractivity contribution is 14.1. The van der Waals surface area contributed by atoms with Gasteiger partial charge in [-0.25, -0.2) is 4.98 Å². The Balaban J connectivity index is 1.92. The summed E-state index contributed by atoms with van der Waals surface area (Å²) >= 11 is 2.29. The summed E-state index contributed by atoms with van der Waals surface area (Å²) in [6, 6.07) is 8.18. The minimum Gasteiger partial charge on any atom is -0.379 e. The third-order valence-electron chi connectivity index (χ3n) is 2.54. The van der Waals surface area contributed by atoms with Gasteiger partial charge in [-0.2, -0.15) is 5.10 Å². The third kappa shape index (κ3) is 4.58. The van der Waals surface area contributed by atoms with Crippen LogP contribution in [-0.4, -0.2) is 28.0 Å². The molecule has 0 amide bonds. The van der Waals surface area contributed by atoms with E-state index in [0.717, 1.165) is 24.5 Å². The van der Waals surface area contributed by atoms with E-state index in [2.05, 4.69) is 58.7 Å². The van der Waals surface area contributed by atoms with Crippen LogP contribution in [0.1, 0.15) is 13.8 Å². The van der Waals surface area contributed by atoms with Gasteiger partial charge < -0.3 is 4.74 Å². The predicted octanol–water partition coefficient (Wildman–Crippen LogP) is 3.22. The number of halogens is 1. The average molecular weight is 371 g/mol. The number of hydrogen-bond acceptors (Lipinski definition) is 3. The van der Waals surface area contributed by atoms with Crippen molar-refractivity contribution in [3.05, 3.63) is 34.2 Å². The van der Waals surface area contributed by atoms with Crippen molar-refractivity contribution in [1.29, 1.82) is 0 Å². The largest absolute Gasteiger partial charge is 0.379 e. The molecule has 0 saturated heterocycles. The molecule has 2 rings (SSSR count). The van der Waals surface area contributed by atoms with Gasteiger partial charge >= 0.3 is 0 Å². The van der Waals surface area contributed by atoms with Gasteiger partial charge in [0.25, 0.3) is 0 Å². The van der Waals surface area contributed by atoms with Crippen molar-refractivity contribution >= 4 is 22.6 Å². The van der Waals surface area contributed by atoms with Crippen LogP contribution in [0, 0.1) is 9.49 Å². The Morgan fingerprint density at radius 3 is 2.95 bits per heavy atom. The minimum atomic E-state index is 0.567. The van der Waals surface area contributed by atoms with Gasteiger partial charge in [0.2, 0.25) is 0 Å². The second kappa shape index (κ2) is 7.00. The molecule has 0 fully saturated rings. The fourth-order valence-electron chi connectivity index (χ4n) is 1.64. The van der Waals surface area contributed by atoms with Crippen LogP contribution in [0.4, 0.5) is 0 Å². The fourth-order valence-corrected chi connectivity index (χ4v) is 2.18. The molecule has 0 bridgehead atoms. The summed E-state index contributed by atoms with van der Waals surface area (Å²) in [7, 11) is 0. The SMILES string of the molecule is CC(C)COCCn1cnc(-c2cccc(I)c2)n1. The normalized spacial score (nSPS) is 11.2. The van der Waals surface area contributed by atoms with Gasteiger partial charge in [-0.1, -0.05) is 26.0 Å². The van der Waals surface area contributed by atoms with Gasteiger partial charge in [0.15, 0.2) is 5.82 Å². The van der Waals surface area contributed by atoms with Crippen LogP contribution in [-0.2, 0) is 11.3 Å². The van der Waals surface area contributed by atoms with Crippen molar-refractivity contribution < 1.29 is 4.74 Å². The molecule has 0 aliphatic rings. The van der Waals surface area contributed by atoms with Crippen molar-refractivity contribution in [2.24, 2.45) is 5.92 Å². The molecule has 0 spiro atoms. The van der Waals surface area contributed by atoms with E-state index < -0.39 is 0 Å². The van der Waals surface area contributed by atoms with Crippen molar-refractivity contribution in [2.75, 3.05) is 13.2 Å². The summed E-state index contributed by atoms with van der Waals surface area (Å²) in [5, 5.41) is 4.46. The lowest BCUT2D eigenvalue weighted by molar-refractivity contribution is 0.101. The molecule has 0 saturated carbocycles. The molecule has 0 atom stereocenters. The van der Waals surface area contributed by atoms with Gasteiger partial charge in [0.1, 0.15) is 6.33 Å². The van der Waals surface area contributed by atoms with E-state index in [-0.39, 0.29) is 0 Å². The van der Waals surface area contributed by atoms with E-state index in [4.69, 9.17) is 4.74 Å². The quantitative estimate of drug-likeness (QED) is 0.578. The Bertz CT molecular complexity index is 525. The number of aromatic nitrogens is 3. The number of nitrogens with zero attached hydrogens (tertiary/aromatic N) is 3. The fraction of sp³-hybridized carbons (Fsp3) is 0.429. The zero-order valence-electron chi connectivity index (χ0n) is 11.2. The summed E-state index contributed by atoms with van der Waals surface area (Å²) in [4.78, 5) is 4.33. The van der Waals surface area contributed by atoms with Crippen LogP contribution in [0.5, 0.6) is 0 Å². The van der Waals surface area contributed by atoms with Crippen molar-refractivity contribution in [2.45, 2.75) is 20.4 Å². The van der Waals surface area contributed by atoms with E-state index in [9.17, 15) is 0 Å². The number of rotatable bonds is 6. The molecule has 4 nitrogen and oxygen atoms in total. The van der Waals surface area contributed by atoms with E-state index >= 15 is 0 Å². The monoisotopic (exact) mass is 371 g/mol. The molecule has 1 aromatic heterocycles. The Labute approximate surface area is 127 Å². The van der Waals surface area contributed by atoms with Crippen molar-refractivity contribution in [1.82, 2.24) is 14.8 Å². The van der Waals surface area contributed by atoms with Crippen molar-refractivity contribution in [3.8, 4) is 11.4 Å². The lowest BCUT2D eigenvalue weighted by atomic mass is 10.2. The van der Waals surface area contributed by atoms with Gasteiger partial charge in [-0.05, 0) is 40.6 Å². The molecule has 0 N–H and O–H groups in total. The first-order chi connectivity index (χ1) is 9.15. The summed E-state index contributed by atoms with van der Waals surface area (Å²) in [6.07, 6.45) is 1.76. The topological polar surface area (TPSA) is 39.9 Å². The average Bonchev–Trinajstić information content (AvgIpc) is 2.83. The van der Waals surface area contributed by atoms with Crippen LogP contribution in [0.25, 0.3) is 11.4 Å². The van der Waals surface area contributed by atoms with Gasteiger partial charge in [0.05, 0.1) is 13.2 Å². The predicted molar refractivity (Wildman–Crippen MR) is 83.8 cm³/mol. The van der Waals surface area contributed by atoms with Crippen LogP contribution < -0.4 is 0 Å². The standard InChI is InChI=1S/C14H18IN3O/c1-11(2)9-19-7-6-18-10-16-14(17-18)12-4-3-5-13(15)8-12/h3-5,8,10-11H,6-7,9H2,1-2H3. The maximum Gasteiger partial charge on any atom is 0.181 e. The molecule has 1 aromatic carbocycles. The smallest absolute Gasteiger partial charge is 0.181 e. The number of ether oxygens (including phenoxy) is 1. The second-order valence-electron chi connectivity index (χ2n) is 4.81. The zero-order chi connectivity index (χ0) is 13.7. The number of benzene rings is 1. The lowest BCUT2D eigenvalue weighted by Crippen LogP contribution is -2.09. The molecule has 19 heavy (non-hydrogen) atoms. The highest BCUT2D eigenvalue weighted by atomic mass is 127. The van der Waals surface area contributed by atoms with Crippen molar-refractivity contribution in [3.63, 3.8) is 0 Å². The first-order valence-corrected chi connectivity index (χ1v) is 7.46. The molecular formula is C14H18IN3O. The highest BCUT2D eigenvalue weighted by Gasteiger charge is 2.04. The summed E-state index contributed by atoms with van der Waals surface area (Å²) in [5.74, 6) is 1.33. The minimum absolute atomic E-state index is 0.567. The Morgan fingerprint density at radius 2 is 2.21 bits per heavy atom. The first-order valence-electron chi connectivity index (χ1n) is 6.38. The van der Waals surface area contributed by atoms with Crippen LogP contribution >= 0.6 is 22.6 Å². The van der Waals surface area contributed by atoms with E-state index in [1.807, 2.05) is 16.8 Å². The summed E-state index contributed by atoms with van der Waals surface area (Å²) in [6.45, 7) is 6.49. The molecule has 0 radical (unpaired) electrons. The van der Waals surface area contributed by atoms with Crippen LogP contribution in [0.15, 0.2) is 30.6 Å². The maximum absolute atomic E-state index is 5.54. The molecule has 0 aliphatic heterocycles. The second-order valence-corrected chi connectivity index (χ2v) is 6.06. The Kier molecular flexibility index (Phi) is 5.33. The Hall–Kier alpha value is -0.950. The molecule has 5 heteroatoms. The number of hydrogen-bond donors (Lipinski definition) is 0. The molecule has 0 unspecified atom stereocenters. The zero-order valence-corrected chi connectivity index (χ0v) is 13.4. The van der Waals surface area contributed by atoms with E-state index in [0.29, 0.717) is 12.5 Å². The third-order valence-corrected chi connectivity index (χ3v) is 3.21. The Morgan fingerprint density at radius 1 is 1.37 bits per heavy atom. The van der Waals surface area contributed by atoms with E-state index in [1.54, 1.807) is 6.33 Å². The van der Waals surface area contributed by atoms with E-state index in [1.165, 1.54) is 3.57 Å². The highest BCUT2D eigenvalue weighted by Crippen LogP contribution is 2.16. The molecule has 2 aromatic rings. The summed E-state index contributed by atoms with van der Waals surface area (Å²) < 4.78 is 8.56. The molecular weight excluding hydrogens is 353 g/mol. The molecule has 0 aliphatic carbocycles. The van der Waals surface area contributed by atoms with Crippen LogP contribution in [0.3, 0.4) is 0 Å². The van der Waals surface area contributed by atoms with Gasteiger partial charge in [0, 0.05) is 15.7 Å². The van der Waals surface area contributed by atoms with Gasteiger partial charge in [-0.15, -0.1) is 0 Å². The first kappa shape index (κ1) is 14.5. The summed E-state index contributed by atoms with van der Waals surface area (Å²) in [5.41, 5.74) is 1.05. The van der Waals surface area contributed by atoms with Crippen LogP contribution in [0.2, 0.25) is 0 Å². The molecule has 1 heterocycles. The maximum atomic E-state index is 5.54. The lowest BCUT2D eigenvalue weighted by Gasteiger charge is -2.06. The molecule has 102 valence electrons.